The van der Waals surface area contributed by atoms with Crippen molar-refractivity contribution in [2.45, 2.75) is 12.8 Å². The van der Waals surface area contributed by atoms with E-state index in [4.69, 9.17) is 9.15 Å². The van der Waals surface area contributed by atoms with Crippen molar-refractivity contribution in [3.63, 3.8) is 0 Å². The van der Waals surface area contributed by atoms with Gasteiger partial charge < -0.3 is 9.15 Å². The summed E-state index contributed by atoms with van der Waals surface area (Å²) in [6, 6.07) is 7.24. The Morgan fingerprint density at radius 3 is 3.00 bits per heavy atom. The van der Waals surface area contributed by atoms with Gasteiger partial charge in [-0.2, -0.15) is 0 Å². The van der Waals surface area contributed by atoms with Crippen LogP contribution in [0, 0.1) is 5.92 Å². The Hall–Kier alpha value is -1.77. The molecule has 0 N–H and O–H groups in total. The molecular formula is C12H10O3. The fourth-order valence-electron chi connectivity index (χ4n) is 1.53. The number of fused-ring (bicyclic) bond motifs is 1. The molecule has 1 aliphatic carbocycles. The summed E-state index contributed by atoms with van der Waals surface area (Å²) in [4.78, 5) is 11.4. The highest BCUT2D eigenvalue weighted by atomic mass is 16.5. The second-order valence-electron chi connectivity index (χ2n) is 3.82. The van der Waals surface area contributed by atoms with Crippen LogP contribution in [0.25, 0.3) is 11.0 Å². The Labute approximate surface area is 86.6 Å². The summed E-state index contributed by atoms with van der Waals surface area (Å²) in [6.45, 7) is 0. The minimum Gasteiger partial charge on any atom is -0.464 e. The van der Waals surface area contributed by atoms with Crippen LogP contribution in [0.15, 0.2) is 34.9 Å². The van der Waals surface area contributed by atoms with Gasteiger partial charge in [0.1, 0.15) is 11.3 Å². The predicted molar refractivity (Wildman–Crippen MR) is 54.6 cm³/mol. The molecule has 0 atom stereocenters. The van der Waals surface area contributed by atoms with Gasteiger partial charge in [0, 0.05) is 5.39 Å². The van der Waals surface area contributed by atoms with Gasteiger partial charge in [0.05, 0.1) is 12.2 Å². The summed E-state index contributed by atoms with van der Waals surface area (Å²) in [5, 5.41) is 0.955. The number of rotatable bonds is 2. The van der Waals surface area contributed by atoms with Gasteiger partial charge in [0.25, 0.3) is 0 Å². The van der Waals surface area contributed by atoms with Gasteiger partial charge in [-0.05, 0) is 37.1 Å². The maximum atomic E-state index is 11.4. The monoisotopic (exact) mass is 202 g/mol. The lowest BCUT2D eigenvalue weighted by molar-refractivity contribution is -0.135. The number of carbonyl (C=O) groups is 1. The first kappa shape index (κ1) is 8.53. The number of benzene rings is 1. The average molecular weight is 202 g/mol. The fraction of sp³-hybridized carbons (Fsp3) is 0.250. The molecule has 0 bridgehead atoms. The van der Waals surface area contributed by atoms with E-state index in [0.717, 1.165) is 23.8 Å². The van der Waals surface area contributed by atoms with Gasteiger partial charge >= 0.3 is 5.97 Å². The Balaban J connectivity index is 1.86. The molecule has 1 saturated carbocycles. The van der Waals surface area contributed by atoms with Crippen molar-refractivity contribution in [2.75, 3.05) is 0 Å². The highest BCUT2D eigenvalue weighted by Crippen LogP contribution is 2.31. The standard InChI is InChI=1S/C12H10O3/c13-12(8-1-2-8)15-10-3-4-11-9(7-10)5-6-14-11/h3-8H,1-2H2. The molecule has 0 radical (unpaired) electrons. The van der Waals surface area contributed by atoms with Crippen LogP contribution >= 0.6 is 0 Å². The van der Waals surface area contributed by atoms with Gasteiger partial charge in [-0.3, -0.25) is 4.79 Å². The zero-order chi connectivity index (χ0) is 10.3. The van der Waals surface area contributed by atoms with Crippen LogP contribution in [0.3, 0.4) is 0 Å². The summed E-state index contributed by atoms with van der Waals surface area (Å²) in [5.74, 6) is 0.615. The number of furan rings is 1. The van der Waals surface area contributed by atoms with Gasteiger partial charge in [0.15, 0.2) is 0 Å². The van der Waals surface area contributed by atoms with E-state index in [0.29, 0.717) is 5.75 Å². The van der Waals surface area contributed by atoms with E-state index in [1.807, 2.05) is 18.2 Å². The molecule has 15 heavy (non-hydrogen) atoms. The molecule has 0 saturated heterocycles. The van der Waals surface area contributed by atoms with E-state index < -0.39 is 0 Å². The molecule has 3 rings (SSSR count). The number of hydrogen-bond acceptors (Lipinski definition) is 3. The van der Waals surface area contributed by atoms with Crippen molar-refractivity contribution < 1.29 is 13.9 Å². The summed E-state index contributed by atoms with van der Waals surface area (Å²) in [7, 11) is 0. The van der Waals surface area contributed by atoms with Crippen molar-refractivity contribution in [1.82, 2.24) is 0 Å². The van der Waals surface area contributed by atoms with E-state index >= 15 is 0 Å². The largest absolute Gasteiger partial charge is 0.464 e. The van der Waals surface area contributed by atoms with E-state index in [-0.39, 0.29) is 11.9 Å². The predicted octanol–water partition coefficient (Wildman–Crippen LogP) is 2.75. The minimum atomic E-state index is -0.113. The highest BCUT2D eigenvalue weighted by Gasteiger charge is 2.31. The Bertz CT molecular complexity index is 508. The summed E-state index contributed by atoms with van der Waals surface area (Å²) < 4.78 is 10.4. The molecule has 1 fully saturated rings. The van der Waals surface area contributed by atoms with Crippen LogP contribution in [0.1, 0.15) is 12.8 Å². The normalized spacial score (nSPS) is 15.5. The molecule has 0 unspecified atom stereocenters. The number of esters is 1. The van der Waals surface area contributed by atoms with Crippen molar-refractivity contribution in [1.29, 1.82) is 0 Å². The summed E-state index contributed by atoms with van der Waals surface area (Å²) >= 11 is 0. The summed E-state index contributed by atoms with van der Waals surface area (Å²) in [6.07, 6.45) is 3.55. The van der Waals surface area contributed by atoms with Crippen LogP contribution < -0.4 is 4.74 Å². The maximum absolute atomic E-state index is 11.4. The number of ether oxygens (including phenoxy) is 1. The molecule has 76 valence electrons. The Morgan fingerprint density at radius 2 is 2.20 bits per heavy atom. The topological polar surface area (TPSA) is 39.4 Å². The lowest BCUT2D eigenvalue weighted by Crippen LogP contribution is -2.09. The van der Waals surface area contributed by atoms with Crippen LogP contribution in [-0.2, 0) is 4.79 Å². The molecule has 2 aromatic rings. The van der Waals surface area contributed by atoms with Crippen LogP contribution in [0.4, 0.5) is 0 Å². The van der Waals surface area contributed by atoms with E-state index in [9.17, 15) is 4.79 Å². The van der Waals surface area contributed by atoms with Gasteiger partial charge in [-0.25, -0.2) is 0 Å². The Kier molecular flexibility index (Phi) is 1.78. The smallest absolute Gasteiger partial charge is 0.314 e. The Morgan fingerprint density at radius 1 is 1.33 bits per heavy atom. The van der Waals surface area contributed by atoms with E-state index in [2.05, 4.69) is 0 Å². The van der Waals surface area contributed by atoms with Crippen LogP contribution in [0.5, 0.6) is 5.75 Å². The van der Waals surface area contributed by atoms with Crippen molar-refractivity contribution in [2.24, 2.45) is 5.92 Å². The average Bonchev–Trinajstić information content (AvgIpc) is 2.98. The molecule has 0 spiro atoms. The minimum absolute atomic E-state index is 0.113. The zero-order valence-corrected chi connectivity index (χ0v) is 8.10. The lowest BCUT2D eigenvalue weighted by Gasteiger charge is -2.02. The van der Waals surface area contributed by atoms with Crippen molar-refractivity contribution >= 4 is 16.9 Å². The van der Waals surface area contributed by atoms with E-state index in [1.54, 1.807) is 12.3 Å². The molecule has 3 heteroatoms. The van der Waals surface area contributed by atoms with Gasteiger partial charge in [-0.1, -0.05) is 0 Å². The summed E-state index contributed by atoms with van der Waals surface area (Å²) in [5.41, 5.74) is 0.807. The molecule has 0 aliphatic heterocycles. The first-order valence-electron chi connectivity index (χ1n) is 5.02. The van der Waals surface area contributed by atoms with E-state index in [1.165, 1.54) is 0 Å². The number of hydrogen-bond donors (Lipinski definition) is 0. The second kappa shape index (κ2) is 3.12. The maximum Gasteiger partial charge on any atom is 0.314 e. The second-order valence-corrected chi connectivity index (χ2v) is 3.82. The first-order chi connectivity index (χ1) is 7.33. The highest BCUT2D eigenvalue weighted by molar-refractivity contribution is 5.81. The molecule has 1 aromatic carbocycles. The molecule has 1 aliphatic rings. The molecule has 0 amide bonds. The zero-order valence-electron chi connectivity index (χ0n) is 8.10. The molecule has 1 heterocycles. The van der Waals surface area contributed by atoms with Gasteiger partial charge in [-0.15, -0.1) is 0 Å². The van der Waals surface area contributed by atoms with Gasteiger partial charge in [0.2, 0.25) is 0 Å². The molecule has 1 aromatic heterocycles. The SMILES string of the molecule is O=C(Oc1ccc2occc2c1)C1CC1. The number of carbonyl (C=O) groups excluding carboxylic acids is 1. The third-order valence-corrected chi connectivity index (χ3v) is 2.55. The lowest BCUT2D eigenvalue weighted by atomic mass is 10.2. The molecular weight excluding hydrogens is 192 g/mol. The van der Waals surface area contributed by atoms with Crippen LogP contribution in [0.2, 0.25) is 0 Å². The quantitative estimate of drug-likeness (QED) is 0.555. The third kappa shape index (κ3) is 1.61. The first-order valence-corrected chi connectivity index (χ1v) is 5.02. The van der Waals surface area contributed by atoms with Crippen LogP contribution in [-0.4, -0.2) is 5.97 Å². The molecule has 3 nitrogen and oxygen atoms in total. The third-order valence-electron chi connectivity index (χ3n) is 2.55. The van der Waals surface area contributed by atoms with Crippen molar-refractivity contribution in [3.8, 4) is 5.75 Å². The van der Waals surface area contributed by atoms with Crippen molar-refractivity contribution in [3.05, 3.63) is 30.5 Å². The fourth-order valence-corrected chi connectivity index (χ4v) is 1.53.